The van der Waals surface area contributed by atoms with Crippen molar-refractivity contribution >= 4 is 0 Å². The summed E-state index contributed by atoms with van der Waals surface area (Å²) in [5.41, 5.74) is 10.5. The molecule has 1 saturated carbocycles. The molecule has 9 nitrogen and oxygen atoms in total. The van der Waals surface area contributed by atoms with E-state index in [0.29, 0.717) is 28.8 Å². The molecular weight excluding hydrogens is 416 g/mol. The van der Waals surface area contributed by atoms with Crippen LogP contribution >= 0.6 is 0 Å². The fourth-order valence-electron chi connectivity index (χ4n) is 4.43. The van der Waals surface area contributed by atoms with Gasteiger partial charge in [0.25, 0.3) is 0 Å². The summed E-state index contributed by atoms with van der Waals surface area (Å²) < 4.78 is 9.59. The van der Waals surface area contributed by atoms with Crippen LogP contribution in [0.15, 0.2) is 66.7 Å². The lowest BCUT2D eigenvalue weighted by atomic mass is 9.83. The van der Waals surface area contributed by atoms with Crippen molar-refractivity contribution in [2.45, 2.75) is 24.7 Å². The largest absolute Gasteiger partial charge is 0.422 e. The van der Waals surface area contributed by atoms with E-state index in [2.05, 4.69) is 30.7 Å². The zero-order valence-electron chi connectivity index (χ0n) is 17.9. The van der Waals surface area contributed by atoms with Crippen molar-refractivity contribution in [1.82, 2.24) is 29.3 Å². The molecule has 3 aromatic heterocycles. The SMILES string of the molecule is Cn1nc(-c2ccncn2)c2c1OC(N)=C(C#N)C2c1ccc(-n2ccnc2C2CC2)cc1. The number of imidazole rings is 1. The molecule has 9 heteroatoms. The Kier molecular flexibility index (Phi) is 4.26. The number of benzene rings is 1. The van der Waals surface area contributed by atoms with Gasteiger partial charge in [0.2, 0.25) is 11.8 Å². The van der Waals surface area contributed by atoms with E-state index in [9.17, 15) is 5.26 Å². The van der Waals surface area contributed by atoms with Crippen LogP contribution in [-0.2, 0) is 7.05 Å². The minimum absolute atomic E-state index is 0.0851. The van der Waals surface area contributed by atoms with Crippen LogP contribution in [0.25, 0.3) is 17.1 Å². The number of hydrogen-bond acceptors (Lipinski definition) is 7. The molecule has 1 atom stereocenters. The van der Waals surface area contributed by atoms with Crippen molar-refractivity contribution < 1.29 is 4.74 Å². The summed E-state index contributed by atoms with van der Waals surface area (Å²) in [6.07, 6.45) is 9.33. The van der Waals surface area contributed by atoms with E-state index in [0.717, 1.165) is 22.6 Å². The monoisotopic (exact) mass is 436 g/mol. The highest BCUT2D eigenvalue weighted by molar-refractivity contribution is 5.68. The molecule has 0 radical (unpaired) electrons. The fraction of sp³-hybridized carbons (Fsp3) is 0.208. The van der Waals surface area contributed by atoms with Crippen molar-refractivity contribution in [3.8, 4) is 29.0 Å². The van der Waals surface area contributed by atoms with Crippen LogP contribution in [0.3, 0.4) is 0 Å². The number of rotatable bonds is 4. The van der Waals surface area contributed by atoms with E-state index in [1.165, 1.54) is 19.2 Å². The van der Waals surface area contributed by atoms with Crippen molar-refractivity contribution in [2.75, 3.05) is 0 Å². The number of nitriles is 1. The first-order valence-corrected chi connectivity index (χ1v) is 10.7. The van der Waals surface area contributed by atoms with Gasteiger partial charge in [0, 0.05) is 37.2 Å². The van der Waals surface area contributed by atoms with E-state index in [1.54, 1.807) is 24.0 Å². The van der Waals surface area contributed by atoms with E-state index < -0.39 is 5.92 Å². The summed E-state index contributed by atoms with van der Waals surface area (Å²) in [6, 6.07) is 12.2. The minimum atomic E-state index is -0.433. The smallest absolute Gasteiger partial charge is 0.224 e. The molecule has 0 saturated heterocycles. The second-order valence-electron chi connectivity index (χ2n) is 8.23. The maximum atomic E-state index is 9.96. The van der Waals surface area contributed by atoms with Crippen LogP contribution in [0.1, 0.15) is 41.6 Å². The van der Waals surface area contributed by atoms with E-state index >= 15 is 0 Å². The molecule has 4 heterocycles. The van der Waals surface area contributed by atoms with Gasteiger partial charge in [-0.05, 0) is 36.6 Å². The molecule has 33 heavy (non-hydrogen) atoms. The van der Waals surface area contributed by atoms with Gasteiger partial charge in [-0.15, -0.1) is 0 Å². The number of nitrogens with zero attached hydrogens (tertiary/aromatic N) is 7. The second-order valence-corrected chi connectivity index (χ2v) is 8.23. The first kappa shape index (κ1) is 19.3. The third-order valence-corrected chi connectivity index (χ3v) is 6.14. The molecule has 1 fully saturated rings. The van der Waals surface area contributed by atoms with Crippen molar-refractivity contribution in [2.24, 2.45) is 12.8 Å². The first-order chi connectivity index (χ1) is 16.2. The Labute approximate surface area is 189 Å². The number of allylic oxidation sites excluding steroid dienone is 1. The average Bonchev–Trinajstić information content (AvgIpc) is 3.49. The quantitative estimate of drug-likeness (QED) is 0.522. The Morgan fingerprint density at radius 2 is 1.94 bits per heavy atom. The van der Waals surface area contributed by atoms with Crippen LogP contribution in [0.4, 0.5) is 0 Å². The maximum absolute atomic E-state index is 9.96. The Morgan fingerprint density at radius 3 is 2.64 bits per heavy atom. The van der Waals surface area contributed by atoms with Crippen LogP contribution in [0.2, 0.25) is 0 Å². The minimum Gasteiger partial charge on any atom is -0.422 e. The maximum Gasteiger partial charge on any atom is 0.224 e. The standard InChI is InChI=1S/C24H20N8O/c1-31-24-20(21(30-31)18-8-9-27-13-29-18)19(17(12-25)22(26)33-24)14-4-6-16(7-5-14)32-11-10-28-23(32)15-2-3-15/h4-11,13,15,19H,2-3,26H2,1H3. The Morgan fingerprint density at radius 1 is 1.12 bits per heavy atom. The molecular formula is C24H20N8O. The molecule has 2 aliphatic rings. The van der Waals surface area contributed by atoms with Gasteiger partial charge in [-0.2, -0.15) is 10.4 Å². The van der Waals surface area contributed by atoms with Gasteiger partial charge in [0.1, 0.15) is 29.5 Å². The molecule has 1 aliphatic heterocycles. The third-order valence-electron chi connectivity index (χ3n) is 6.14. The molecule has 0 bridgehead atoms. The Balaban J connectivity index is 1.48. The summed E-state index contributed by atoms with van der Waals surface area (Å²) in [7, 11) is 1.78. The summed E-state index contributed by atoms with van der Waals surface area (Å²) in [5, 5.41) is 14.6. The van der Waals surface area contributed by atoms with Crippen LogP contribution in [0, 0.1) is 11.3 Å². The fourth-order valence-corrected chi connectivity index (χ4v) is 4.43. The number of aromatic nitrogens is 6. The first-order valence-electron chi connectivity index (χ1n) is 10.7. The Hall–Kier alpha value is -4.45. The predicted molar refractivity (Wildman–Crippen MR) is 119 cm³/mol. The van der Waals surface area contributed by atoms with Crippen molar-refractivity contribution in [1.29, 1.82) is 5.26 Å². The zero-order valence-corrected chi connectivity index (χ0v) is 17.9. The highest BCUT2D eigenvalue weighted by Gasteiger charge is 2.37. The van der Waals surface area contributed by atoms with Gasteiger partial charge in [-0.1, -0.05) is 12.1 Å². The summed E-state index contributed by atoms with van der Waals surface area (Å²) in [6.45, 7) is 0. The summed E-state index contributed by atoms with van der Waals surface area (Å²) >= 11 is 0. The molecule has 4 aromatic rings. The van der Waals surface area contributed by atoms with Crippen LogP contribution < -0.4 is 10.5 Å². The molecule has 1 unspecified atom stereocenters. The molecule has 1 aromatic carbocycles. The topological polar surface area (TPSA) is 120 Å². The molecule has 6 rings (SSSR count). The van der Waals surface area contributed by atoms with E-state index in [-0.39, 0.29) is 5.88 Å². The number of aryl methyl sites for hydroxylation is 1. The lowest BCUT2D eigenvalue weighted by Crippen LogP contribution is -2.22. The Bertz CT molecular complexity index is 1420. The zero-order chi connectivity index (χ0) is 22.5. The van der Waals surface area contributed by atoms with Crippen LogP contribution in [0.5, 0.6) is 5.88 Å². The molecule has 0 amide bonds. The normalized spacial score (nSPS) is 17.4. The number of ether oxygens (including phenoxy) is 1. The van der Waals surface area contributed by atoms with Crippen molar-refractivity contribution in [3.63, 3.8) is 0 Å². The highest BCUT2D eigenvalue weighted by Crippen LogP contribution is 2.46. The van der Waals surface area contributed by atoms with E-state index in [1.807, 2.05) is 36.7 Å². The number of hydrogen-bond donors (Lipinski definition) is 1. The predicted octanol–water partition coefficient (Wildman–Crippen LogP) is 3.16. The lowest BCUT2D eigenvalue weighted by molar-refractivity contribution is 0.358. The lowest BCUT2D eigenvalue weighted by Gasteiger charge is -2.25. The van der Waals surface area contributed by atoms with Gasteiger partial charge in [-0.3, -0.25) is 0 Å². The summed E-state index contributed by atoms with van der Waals surface area (Å²) in [5.74, 6) is 1.78. The van der Waals surface area contributed by atoms with Gasteiger partial charge >= 0.3 is 0 Å². The van der Waals surface area contributed by atoms with E-state index in [4.69, 9.17) is 10.5 Å². The summed E-state index contributed by atoms with van der Waals surface area (Å²) in [4.78, 5) is 12.9. The number of nitrogens with two attached hydrogens (primary N) is 1. The molecule has 2 N–H and O–H groups in total. The van der Waals surface area contributed by atoms with Gasteiger partial charge in [-0.25, -0.2) is 19.6 Å². The molecule has 1 aliphatic carbocycles. The van der Waals surface area contributed by atoms with Gasteiger partial charge < -0.3 is 15.0 Å². The number of fused-ring (bicyclic) bond motifs is 1. The molecule has 0 spiro atoms. The molecule has 162 valence electrons. The third kappa shape index (κ3) is 3.07. The second kappa shape index (κ2) is 7.31. The highest BCUT2D eigenvalue weighted by atomic mass is 16.5. The van der Waals surface area contributed by atoms with Gasteiger partial charge in [0.05, 0.1) is 17.2 Å². The average molecular weight is 436 g/mol. The van der Waals surface area contributed by atoms with Crippen molar-refractivity contribution in [3.05, 3.63) is 83.7 Å². The van der Waals surface area contributed by atoms with Crippen LogP contribution in [-0.4, -0.2) is 29.3 Å². The van der Waals surface area contributed by atoms with Gasteiger partial charge in [0.15, 0.2) is 0 Å².